The van der Waals surface area contributed by atoms with Crippen LogP contribution < -0.4 is 10.9 Å². The van der Waals surface area contributed by atoms with Crippen LogP contribution in [-0.2, 0) is 16.0 Å². The van der Waals surface area contributed by atoms with E-state index in [9.17, 15) is 14.4 Å². The first-order valence-electron chi connectivity index (χ1n) is 9.60. The highest BCUT2D eigenvalue weighted by Gasteiger charge is 2.34. The van der Waals surface area contributed by atoms with Gasteiger partial charge in [-0.1, -0.05) is 12.1 Å². The Kier molecular flexibility index (Phi) is 6.41. The number of methoxy groups -OCH3 is 1. The number of rotatable bonds is 4. The Morgan fingerprint density at radius 3 is 2.55 bits per heavy atom. The SMILES string of the molecule is COC(=O)c1cn(Cc2ccc(C#N)cc2)c(=O)c2c1SC[C@@H]2NC(=O)OC(C)(C)C. The van der Waals surface area contributed by atoms with Crippen molar-refractivity contribution in [3.63, 3.8) is 0 Å². The Bertz CT molecular complexity index is 1110. The van der Waals surface area contributed by atoms with E-state index < -0.39 is 23.7 Å². The summed E-state index contributed by atoms with van der Waals surface area (Å²) < 4.78 is 11.6. The lowest BCUT2D eigenvalue weighted by atomic mass is 10.1. The van der Waals surface area contributed by atoms with Gasteiger partial charge < -0.3 is 19.4 Å². The number of hydrogen-bond donors (Lipinski definition) is 1. The van der Waals surface area contributed by atoms with Crippen LogP contribution in [0.25, 0.3) is 0 Å². The van der Waals surface area contributed by atoms with Gasteiger partial charge in [0.25, 0.3) is 5.56 Å². The number of esters is 1. The molecule has 0 radical (unpaired) electrons. The van der Waals surface area contributed by atoms with Gasteiger partial charge in [-0.25, -0.2) is 9.59 Å². The number of benzene rings is 1. The van der Waals surface area contributed by atoms with Crippen LogP contribution in [-0.4, -0.2) is 35.1 Å². The molecule has 0 fully saturated rings. The molecule has 8 nitrogen and oxygen atoms in total. The van der Waals surface area contributed by atoms with Crippen LogP contribution in [0, 0.1) is 11.3 Å². The van der Waals surface area contributed by atoms with Crippen LogP contribution in [0.15, 0.2) is 40.2 Å². The first kappa shape index (κ1) is 22.4. The monoisotopic (exact) mass is 441 g/mol. The lowest BCUT2D eigenvalue weighted by Crippen LogP contribution is -2.38. The third-order valence-corrected chi connectivity index (χ3v) is 5.77. The summed E-state index contributed by atoms with van der Waals surface area (Å²) >= 11 is 1.32. The summed E-state index contributed by atoms with van der Waals surface area (Å²) in [6.45, 7) is 5.46. The van der Waals surface area contributed by atoms with Crippen molar-refractivity contribution in [3.8, 4) is 6.07 Å². The third kappa shape index (κ3) is 5.09. The fourth-order valence-corrected chi connectivity index (χ4v) is 4.46. The number of nitrogens with zero attached hydrogens (tertiary/aromatic N) is 2. The Labute approximate surface area is 184 Å². The topological polar surface area (TPSA) is 110 Å². The zero-order valence-corrected chi connectivity index (χ0v) is 18.5. The molecule has 1 atom stereocenters. The van der Waals surface area contributed by atoms with E-state index in [-0.39, 0.29) is 17.7 Å². The van der Waals surface area contributed by atoms with E-state index in [4.69, 9.17) is 14.7 Å². The van der Waals surface area contributed by atoms with Crippen molar-refractivity contribution < 1.29 is 19.1 Å². The van der Waals surface area contributed by atoms with Crippen molar-refractivity contribution in [1.29, 1.82) is 5.26 Å². The van der Waals surface area contributed by atoms with Crippen LogP contribution in [0.3, 0.4) is 0 Å². The van der Waals surface area contributed by atoms with Crippen LogP contribution >= 0.6 is 11.8 Å². The molecule has 2 aromatic rings. The molecule has 1 aliphatic heterocycles. The van der Waals surface area contributed by atoms with Gasteiger partial charge >= 0.3 is 12.1 Å². The van der Waals surface area contributed by atoms with Crippen molar-refractivity contribution >= 4 is 23.8 Å². The fraction of sp³-hybridized carbons (Fsp3) is 0.364. The Morgan fingerprint density at radius 2 is 1.97 bits per heavy atom. The van der Waals surface area contributed by atoms with Gasteiger partial charge in [0.2, 0.25) is 0 Å². The van der Waals surface area contributed by atoms with Crippen molar-refractivity contribution in [2.24, 2.45) is 0 Å². The second-order valence-corrected chi connectivity index (χ2v) is 9.06. The summed E-state index contributed by atoms with van der Waals surface area (Å²) in [6, 6.07) is 8.28. The molecule has 0 spiro atoms. The molecule has 0 unspecified atom stereocenters. The van der Waals surface area contributed by atoms with Gasteiger partial charge in [-0.3, -0.25) is 4.79 Å². The molecule has 0 aliphatic carbocycles. The van der Waals surface area contributed by atoms with Crippen LogP contribution in [0.2, 0.25) is 0 Å². The molecule has 1 aromatic heterocycles. The standard InChI is InChI=1S/C22H23N3O5S/c1-22(2,3)30-21(28)24-16-12-31-18-15(20(27)29-4)11-25(19(26)17(16)18)10-14-7-5-13(9-23)6-8-14/h5-8,11,16H,10,12H2,1-4H3,(H,24,28)/t16-/m0/s1. The number of amides is 1. The average molecular weight is 442 g/mol. The predicted molar refractivity (Wildman–Crippen MR) is 115 cm³/mol. The average Bonchev–Trinajstić information content (AvgIpc) is 3.12. The van der Waals surface area contributed by atoms with Gasteiger partial charge in [-0.2, -0.15) is 5.26 Å². The lowest BCUT2D eigenvalue weighted by molar-refractivity contribution is 0.0508. The number of alkyl carbamates (subject to hydrolysis) is 1. The zero-order chi connectivity index (χ0) is 22.8. The third-order valence-electron chi connectivity index (χ3n) is 4.54. The molecule has 0 saturated heterocycles. The van der Waals surface area contributed by atoms with Crippen molar-refractivity contribution in [2.75, 3.05) is 12.9 Å². The molecule has 1 amide bonds. The van der Waals surface area contributed by atoms with E-state index in [0.29, 0.717) is 21.8 Å². The molecular formula is C22H23N3O5S. The molecule has 9 heteroatoms. The molecule has 2 heterocycles. The maximum atomic E-state index is 13.3. The molecule has 0 saturated carbocycles. The number of thioether (sulfide) groups is 1. The molecule has 162 valence electrons. The van der Waals surface area contributed by atoms with E-state index in [2.05, 4.69) is 11.4 Å². The summed E-state index contributed by atoms with van der Waals surface area (Å²) in [4.78, 5) is 38.5. The smallest absolute Gasteiger partial charge is 0.408 e. The molecule has 0 bridgehead atoms. The minimum absolute atomic E-state index is 0.200. The van der Waals surface area contributed by atoms with E-state index in [1.807, 2.05) is 0 Å². The van der Waals surface area contributed by atoms with Gasteiger partial charge in [-0.05, 0) is 38.5 Å². The van der Waals surface area contributed by atoms with Crippen LogP contribution in [0.5, 0.6) is 0 Å². The largest absolute Gasteiger partial charge is 0.465 e. The fourth-order valence-electron chi connectivity index (χ4n) is 3.20. The number of aromatic nitrogens is 1. The minimum Gasteiger partial charge on any atom is -0.465 e. The Hall–Kier alpha value is -3.25. The van der Waals surface area contributed by atoms with Crippen molar-refractivity contribution in [2.45, 2.75) is 43.9 Å². The summed E-state index contributed by atoms with van der Waals surface area (Å²) in [7, 11) is 1.28. The van der Waals surface area contributed by atoms with E-state index in [1.54, 1.807) is 45.0 Å². The molecule has 1 aliphatic rings. The van der Waals surface area contributed by atoms with E-state index in [1.165, 1.54) is 29.6 Å². The van der Waals surface area contributed by atoms with Crippen LogP contribution in [0.4, 0.5) is 4.79 Å². The highest BCUT2D eigenvalue weighted by atomic mass is 32.2. The Balaban J connectivity index is 2.00. The molecule has 31 heavy (non-hydrogen) atoms. The summed E-state index contributed by atoms with van der Waals surface area (Å²) in [5.41, 5.74) is 0.926. The summed E-state index contributed by atoms with van der Waals surface area (Å²) in [5.74, 6) is -0.162. The second-order valence-electron chi connectivity index (χ2n) is 8.03. The molecule has 1 N–H and O–H groups in total. The number of ether oxygens (including phenoxy) is 2. The van der Waals surface area contributed by atoms with Gasteiger partial charge in [0, 0.05) is 16.8 Å². The molecule has 1 aromatic carbocycles. The molecule has 3 rings (SSSR count). The quantitative estimate of drug-likeness (QED) is 0.725. The number of carbonyl (C=O) groups is 2. The summed E-state index contributed by atoms with van der Waals surface area (Å²) in [6.07, 6.45) is 0.848. The maximum absolute atomic E-state index is 13.3. The zero-order valence-electron chi connectivity index (χ0n) is 17.7. The highest BCUT2D eigenvalue weighted by molar-refractivity contribution is 7.99. The predicted octanol–water partition coefficient (Wildman–Crippen LogP) is 3.23. The number of pyridine rings is 1. The number of fused-ring (bicyclic) bond motifs is 1. The van der Waals surface area contributed by atoms with E-state index in [0.717, 1.165) is 5.56 Å². The number of hydrogen-bond acceptors (Lipinski definition) is 7. The van der Waals surface area contributed by atoms with Gasteiger partial charge in [0.1, 0.15) is 5.60 Å². The summed E-state index contributed by atoms with van der Waals surface area (Å²) in [5, 5.41) is 11.7. The normalized spacial score (nSPS) is 15.0. The highest BCUT2D eigenvalue weighted by Crippen LogP contribution is 2.39. The number of nitriles is 1. The number of carbonyl (C=O) groups excluding carboxylic acids is 2. The first-order valence-corrected chi connectivity index (χ1v) is 10.6. The molecular weight excluding hydrogens is 418 g/mol. The van der Waals surface area contributed by atoms with Gasteiger partial charge in [0.05, 0.1) is 42.5 Å². The second kappa shape index (κ2) is 8.86. The van der Waals surface area contributed by atoms with Gasteiger partial charge in [0.15, 0.2) is 0 Å². The first-order chi connectivity index (χ1) is 14.6. The van der Waals surface area contributed by atoms with E-state index >= 15 is 0 Å². The maximum Gasteiger partial charge on any atom is 0.408 e. The van der Waals surface area contributed by atoms with Crippen molar-refractivity contribution in [1.82, 2.24) is 9.88 Å². The lowest BCUT2D eigenvalue weighted by Gasteiger charge is -2.22. The van der Waals surface area contributed by atoms with Gasteiger partial charge in [-0.15, -0.1) is 11.8 Å². The number of nitrogens with one attached hydrogen (secondary N) is 1. The van der Waals surface area contributed by atoms with Crippen molar-refractivity contribution in [3.05, 3.63) is 63.1 Å². The Morgan fingerprint density at radius 1 is 1.29 bits per heavy atom. The minimum atomic E-state index is -0.678. The van der Waals surface area contributed by atoms with Crippen LogP contribution in [0.1, 0.15) is 53.9 Å².